The van der Waals surface area contributed by atoms with Gasteiger partial charge in [0.25, 0.3) is 0 Å². The summed E-state index contributed by atoms with van der Waals surface area (Å²) in [5.41, 5.74) is 4.35. The van der Waals surface area contributed by atoms with Crippen LogP contribution in [0.15, 0.2) is 53.9 Å². The van der Waals surface area contributed by atoms with E-state index in [1.54, 1.807) is 0 Å². The second kappa shape index (κ2) is 8.43. The van der Waals surface area contributed by atoms with Gasteiger partial charge in [0, 0.05) is 24.7 Å². The largest absolute Gasteiger partial charge is 0.442 e. The Morgan fingerprint density at radius 2 is 2.14 bits per heavy atom. The topological polar surface area (TPSA) is 52.3 Å². The molecule has 1 aromatic heterocycles. The smallest absolute Gasteiger partial charge is 0.226 e. The van der Waals surface area contributed by atoms with E-state index in [0.29, 0.717) is 5.90 Å². The Morgan fingerprint density at radius 1 is 1.39 bits per heavy atom. The standard InChI is InChI=1S/C22H27BrN4O/c1-6-24-21(16-10-8-7-9-15(16)2)28-18-12-11-17-20(19(18)23)25-26-27(17)14-13-22(3,4)5/h6-10,12,19H,1,11,13-14H2,2-5H3. The first kappa shape index (κ1) is 20.5. The molecule has 0 N–H and O–H groups in total. The number of halogens is 1. The highest BCUT2D eigenvalue weighted by molar-refractivity contribution is 9.09. The van der Waals surface area contributed by atoms with E-state index >= 15 is 0 Å². The Labute approximate surface area is 175 Å². The highest BCUT2D eigenvalue weighted by atomic mass is 79.9. The van der Waals surface area contributed by atoms with E-state index in [9.17, 15) is 0 Å². The number of nitrogens with zero attached hydrogens (tertiary/aromatic N) is 4. The number of rotatable bonds is 5. The molecule has 1 heterocycles. The normalized spacial score (nSPS) is 17.1. The summed E-state index contributed by atoms with van der Waals surface area (Å²) in [5.74, 6) is 1.31. The van der Waals surface area contributed by atoms with Crippen LogP contribution in [-0.4, -0.2) is 20.9 Å². The summed E-state index contributed by atoms with van der Waals surface area (Å²) in [6.07, 6.45) is 5.36. The van der Waals surface area contributed by atoms with Crippen LogP contribution in [0.1, 0.15) is 54.5 Å². The van der Waals surface area contributed by atoms with Crippen molar-refractivity contribution in [3.63, 3.8) is 0 Å². The molecule has 0 spiro atoms. The third-order valence-electron chi connectivity index (χ3n) is 4.73. The molecule has 1 atom stereocenters. The zero-order valence-electron chi connectivity index (χ0n) is 16.9. The number of aryl methyl sites for hydroxylation is 2. The number of aromatic nitrogens is 3. The zero-order chi connectivity index (χ0) is 20.3. The van der Waals surface area contributed by atoms with E-state index < -0.39 is 0 Å². The number of aliphatic imine (C=N–C) groups is 1. The van der Waals surface area contributed by atoms with Gasteiger partial charge in [-0.05, 0) is 36.5 Å². The lowest BCUT2D eigenvalue weighted by Crippen LogP contribution is -2.17. The van der Waals surface area contributed by atoms with Crippen LogP contribution in [0.4, 0.5) is 0 Å². The summed E-state index contributed by atoms with van der Waals surface area (Å²) in [4.78, 5) is 4.20. The average molecular weight is 443 g/mol. The van der Waals surface area contributed by atoms with E-state index in [2.05, 4.69) is 64.7 Å². The van der Waals surface area contributed by atoms with Gasteiger partial charge in [-0.1, -0.05) is 66.7 Å². The molecule has 6 heteroatoms. The van der Waals surface area contributed by atoms with Crippen molar-refractivity contribution in [1.82, 2.24) is 15.0 Å². The van der Waals surface area contributed by atoms with Gasteiger partial charge < -0.3 is 4.74 Å². The average Bonchev–Trinajstić information content (AvgIpc) is 3.05. The Balaban J connectivity index is 1.81. The second-order valence-electron chi connectivity index (χ2n) is 8.16. The molecule has 2 aromatic rings. The Morgan fingerprint density at radius 3 is 2.82 bits per heavy atom. The molecule has 0 radical (unpaired) electrons. The van der Waals surface area contributed by atoms with Gasteiger partial charge in [0.2, 0.25) is 5.90 Å². The first-order valence-corrected chi connectivity index (χ1v) is 10.4. The van der Waals surface area contributed by atoms with Crippen molar-refractivity contribution in [2.75, 3.05) is 0 Å². The Bertz CT molecular complexity index is 921. The maximum Gasteiger partial charge on any atom is 0.226 e. The van der Waals surface area contributed by atoms with Crippen molar-refractivity contribution < 1.29 is 4.74 Å². The quantitative estimate of drug-likeness (QED) is 0.348. The van der Waals surface area contributed by atoms with Crippen molar-refractivity contribution in [3.8, 4) is 0 Å². The molecule has 28 heavy (non-hydrogen) atoms. The third-order valence-corrected chi connectivity index (χ3v) is 5.61. The van der Waals surface area contributed by atoms with Crippen molar-refractivity contribution in [2.45, 2.75) is 51.9 Å². The number of hydrogen-bond donors (Lipinski definition) is 0. The molecule has 0 bridgehead atoms. The number of hydrogen-bond acceptors (Lipinski definition) is 4. The maximum atomic E-state index is 6.21. The van der Waals surface area contributed by atoms with E-state index in [1.165, 1.54) is 6.20 Å². The lowest BCUT2D eigenvalue weighted by molar-refractivity contribution is 0.335. The molecule has 1 unspecified atom stereocenters. The SMILES string of the molecule is C=CN=C(OC1=CCc2c(nnn2CCC(C)(C)C)C1Br)c1ccccc1C. The molecular weight excluding hydrogens is 416 g/mol. The summed E-state index contributed by atoms with van der Waals surface area (Å²) in [6, 6.07) is 8.01. The predicted molar refractivity (Wildman–Crippen MR) is 117 cm³/mol. The van der Waals surface area contributed by atoms with Gasteiger partial charge in [0.05, 0.1) is 5.69 Å². The van der Waals surface area contributed by atoms with Crippen molar-refractivity contribution in [3.05, 3.63) is 71.4 Å². The van der Waals surface area contributed by atoms with Gasteiger partial charge in [-0.3, -0.25) is 0 Å². The molecule has 0 amide bonds. The monoisotopic (exact) mass is 442 g/mol. The highest BCUT2D eigenvalue weighted by Crippen LogP contribution is 2.37. The van der Waals surface area contributed by atoms with Gasteiger partial charge in [-0.2, -0.15) is 0 Å². The number of fused-ring (bicyclic) bond motifs is 1. The number of alkyl halides is 1. The van der Waals surface area contributed by atoms with Crippen LogP contribution in [0, 0.1) is 12.3 Å². The molecule has 0 fully saturated rings. The minimum atomic E-state index is -0.154. The van der Waals surface area contributed by atoms with E-state index in [4.69, 9.17) is 4.74 Å². The summed E-state index contributed by atoms with van der Waals surface area (Å²) in [7, 11) is 0. The first-order chi connectivity index (χ1) is 13.3. The van der Waals surface area contributed by atoms with Crippen LogP contribution in [-0.2, 0) is 17.7 Å². The Kier molecular flexibility index (Phi) is 6.18. The molecule has 1 aliphatic carbocycles. The fourth-order valence-electron chi connectivity index (χ4n) is 3.06. The lowest BCUT2D eigenvalue weighted by atomic mass is 9.92. The number of allylic oxidation sites excluding steroid dienone is 2. The van der Waals surface area contributed by atoms with Crippen LogP contribution in [0.2, 0.25) is 0 Å². The summed E-state index contributed by atoms with van der Waals surface area (Å²) in [6.45, 7) is 13.3. The summed E-state index contributed by atoms with van der Waals surface area (Å²) < 4.78 is 8.22. The number of ether oxygens (including phenoxy) is 1. The molecule has 0 aliphatic heterocycles. The van der Waals surface area contributed by atoms with E-state index in [-0.39, 0.29) is 10.2 Å². The molecular formula is C22H27BrN4O. The fraction of sp³-hybridized carbons (Fsp3) is 0.409. The van der Waals surface area contributed by atoms with Crippen molar-refractivity contribution in [1.29, 1.82) is 0 Å². The molecule has 0 saturated carbocycles. The second-order valence-corrected chi connectivity index (χ2v) is 9.08. The first-order valence-electron chi connectivity index (χ1n) is 9.49. The van der Waals surface area contributed by atoms with Crippen LogP contribution >= 0.6 is 15.9 Å². The number of benzene rings is 1. The summed E-state index contributed by atoms with van der Waals surface area (Å²) >= 11 is 3.74. The fourth-order valence-corrected chi connectivity index (χ4v) is 3.70. The van der Waals surface area contributed by atoms with Crippen molar-refractivity contribution >= 4 is 21.8 Å². The molecule has 5 nitrogen and oxygen atoms in total. The van der Waals surface area contributed by atoms with E-state index in [1.807, 2.05) is 35.9 Å². The van der Waals surface area contributed by atoms with Crippen LogP contribution < -0.4 is 0 Å². The van der Waals surface area contributed by atoms with Crippen LogP contribution in [0.3, 0.4) is 0 Å². The molecule has 1 aliphatic rings. The Hall–Kier alpha value is -2.21. The predicted octanol–water partition coefficient (Wildman–Crippen LogP) is 5.51. The maximum absolute atomic E-state index is 6.21. The summed E-state index contributed by atoms with van der Waals surface area (Å²) in [5, 5.41) is 8.79. The lowest BCUT2D eigenvalue weighted by Gasteiger charge is -2.22. The highest BCUT2D eigenvalue weighted by Gasteiger charge is 2.29. The molecule has 148 valence electrons. The van der Waals surface area contributed by atoms with Crippen LogP contribution in [0.25, 0.3) is 0 Å². The van der Waals surface area contributed by atoms with E-state index in [0.717, 1.165) is 47.7 Å². The van der Waals surface area contributed by atoms with Gasteiger partial charge >= 0.3 is 0 Å². The van der Waals surface area contributed by atoms with Gasteiger partial charge in [0.15, 0.2) is 0 Å². The van der Waals surface area contributed by atoms with Crippen LogP contribution in [0.5, 0.6) is 0 Å². The van der Waals surface area contributed by atoms with Gasteiger partial charge in [-0.15, -0.1) is 5.10 Å². The third kappa shape index (κ3) is 4.61. The van der Waals surface area contributed by atoms with Crippen molar-refractivity contribution in [2.24, 2.45) is 10.4 Å². The minimum Gasteiger partial charge on any atom is -0.442 e. The molecule has 1 aromatic carbocycles. The molecule has 3 rings (SSSR count). The van der Waals surface area contributed by atoms with Gasteiger partial charge in [0.1, 0.15) is 16.3 Å². The minimum absolute atomic E-state index is 0.154. The van der Waals surface area contributed by atoms with Gasteiger partial charge in [-0.25, -0.2) is 9.67 Å². The molecule has 0 saturated heterocycles. The zero-order valence-corrected chi connectivity index (χ0v) is 18.5.